The SMILES string of the molecule is CN(CC(=O)NC1(C#N)CCCC1)Cc1ccc(F)cc1F. The molecular formula is C16H19F2N3O. The molecule has 0 unspecified atom stereocenters. The lowest BCUT2D eigenvalue weighted by molar-refractivity contribution is -0.123. The fourth-order valence-corrected chi connectivity index (χ4v) is 2.79. The van der Waals surface area contributed by atoms with Gasteiger partial charge in [-0.2, -0.15) is 5.26 Å². The van der Waals surface area contributed by atoms with Gasteiger partial charge in [-0.3, -0.25) is 9.69 Å². The molecule has 1 saturated carbocycles. The summed E-state index contributed by atoms with van der Waals surface area (Å²) in [7, 11) is 1.68. The molecule has 1 aromatic carbocycles. The van der Waals surface area contributed by atoms with E-state index in [0.29, 0.717) is 18.4 Å². The lowest BCUT2D eigenvalue weighted by Gasteiger charge is -2.24. The number of hydrogen-bond donors (Lipinski definition) is 1. The smallest absolute Gasteiger partial charge is 0.235 e. The minimum absolute atomic E-state index is 0.0558. The fourth-order valence-electron chi connectivity index (χ4n) is 2.79. The Hall–Kier alpha value is -2.00. The van der Waals surface area contributed by atoms with Crippen LogP contribution < -0.4 is 5.32 Å². The summed E-state index contributed by atoms with van der Waals surface area (Å²) in [5.74, 6) is -1.51. The zero-order valence-corrected chi connectivity index (χ0v) is 12.5. The number of halogens is 2. The van der Waals surface area contributed by atoms with Crippen molar-refractivity contribution >= 4 is 5.91 Å². The monoisotopic (exact) mass is 307 g/mol. The molecule has 0 radical (unpaired) electrons. The molecule has 1 N–H and O–H groups in total. The van der Waals surface area contributed by atoms with E-state index in [0.717, 1.165) is 18.9 Å². The van der Waals surface area contributed by atoms with Crippen molar-refractivity contribution in [3.05, 3.63) is 35.4 Å². The van der Waals surface area contributed by atoms with Crippen LogP contribution in [0, 0.1) is 23.0 Å². The molecule has 0 heterocycles. The number of nitrogens with one attached hydrogen (secondary N) is 1. The second-order valence-electron chi connectivity index (χ2n) is 5.86. The van der Waals surface area contributed by atoms with Crippen molar-refractivity contribution in [3.63, 3.8) is 0 Å². The fraction of sp³-hybridized carbons (Fsp3) is 0.500. The van der Waals surface area contributed by atoms with Crippen LogP contribution in [0.1, 0.15) is 31.2 Å². The normalized spacial score (nSPS) is 16.5. The molecule has 22 heavy (non-hydrogen) atoms. The van der Waals surface area contributed by atoms with Gasteiger partial charge in [-0.1, -0.05) is 6.07 Å². The Labute approximate surface area is 128 Å². The summed E-state index contributed by atoms with van der Waals surface area (Å²) in [6.45, 7) is 0.249. The summed E-state index contributed by atoms with van der Waals surface area (Å²) in [5.41, 5.74) is -0.424. The van der Waals surface area contributed by atoms with Crippen molar-refractivity contribution in [3.8, 4) is 6.07 Å². The van der Waals surface area contributed by atoms with Crippen LogP contribution in [-0.4, -0.2) is 29.9 Å². The van der Waals surface area contributed by atoms with Crippen molar-refractivity contribution in [1.29, 1.82) is 5.26 Å². The van der Waals surface area contributed by atoms with Gasteiger partial charge in [-0.05, 0) is 38.8 Å². The highest BCUT2D eigenvalue weighted by atomic mass is 19.1. The standard InChI is InChI=1S/C16H19F2N3O/c1-21(9-12-4-5-13(17)8-14(12)18)10-15(22)20-16(11-19)6-2-3-7-16/h4-5,8H,2-3,6-7,9-10H2,1H3,(H,20,22). The van der Waals surface area contributed by atoms with Gasteiger partial charge in [-0.15, -0.1) is 0 Å². The maximum absolute atomic E-state index is 13.6. The molecule has 2 rings (SSSR count). The third kappa shape index (κ3) is 4.01. The zero-order valence-electron chi connectivity index (χ0n) is 12.5. The Morgan fingerprint density at radius 2 is 2.09 bits per heavy atom. The maximum Gasteiger partial charge on any atom is 0.235 e. The average molecular weight is 307 g/mol. The molecular weight excluding hydrogens is 288 g/mol. The highest BCUT2D eigenvalue weighted by Gasteiger charge is 2.35. The number of likely N-dealkylation sites (N-methyl/N-ethyl adjacent to an activating group) is 1. The van der Waals surface area contributed by atoms with E-state index in [2.05, 4.69) is 11.4 Å². The van der Waals surface area contributed by atoms with Crippen LogP contribution in [0.3, 0.4) is 0 Å². The first-order chi connectivity index (χ1) is 10.4. The number of nitrogens with zero attached hydrogens (tertiary/aromatic N) is 2. The van der Waals surface area contributed by atoms with E-state index in [1.165, 1.54) is 12.1 Å². The number of carbonyl (C=O) groups is 1. The minimum atomic E-state index is -0.751. The lowest BCUT2D eigenvalue weighted by atomic mass is 10.00. The van der Waals surface area contributed by atoms with Crippen LogP contribution >= 0.6 is 0 Å². The first-order valence-corrected chi connectivity index (χ1v) is 7.29. The molecule has 0 aromatic heterocycles. The molecule has 0 saturated heterocycles. The van der Waals surface area contributed by atoms with Crippen molar-refractivity contribution in [1.82, 2.24) is 10.2 Å². The van der Waals surface area contributed by atoms with Crippen LogP contribution in [0.5, 0.6) is 0 Å². The summed E-state index contributed by atoms with van der Waals surface area (Å²) >= 11 is 0. The zero-order chi connectivity index (χ0) is 16.2. The number of carbonyl (C=O) groups excluding carboxylic acids is 1. The number of amides is 1. The Kier molecular flexibility index (Phi) is 5.09. The lowest BCUT2D eigenvalue weighted by Crippen LogP contribution is -2.48. The van der Waals surface area contributed by atoms with Crippen molar-refractivity contribution < 1.29 is 13.6 Å². The van der Waals surface area contributed by atoms with Crippen LogP contribution in [0.25, 0.3) is 0 Å². The molecule has 1 amide bonds. The van der Waals surface area contributed by atoms with Gasteiger partial charge in [0.2, 0.25) is 5.91 Å². The predicted molar refractivity (Wildman–Crippen MR) is 77.6 cm³/mol. The molecule has 0 bridgehead atoms. The number of nitriles is 1. The minimum Gasteiger partial charge on any atom is -0.337 e. The summed E-state index contributed by atoms with van der Waals surface area (Å²) < 4.78 is 26.4. The van der Waals surface area contributed by atoms with Gasteiger partial charge in [0.15, 0.2) is 0 Å². The Bertz CT molecular complexity index is 592. The van der Waals surface area contributed by atoms with Gasteiger partial charge in [0.25, 0.3) is 0 Å². The first-order valence-electron chi connectivity index (χ1n) is 7.29. The van der Waals surface area contributed by atoms with E-state index in [1.807, 2.05) is 0 Å². The molecule has 1 fully saturated rings. The van der Waals surface area contributed by atoms with Crippen LogP contribution in [-0.2, 0) is 11.3 Å². The first kappa shape index (κ1) is 16.4. The molecule has 1 aliphatic rings. The molecule has 118 valence electrons. The summed E-state index contributed by atoms with van der Waals surface area (Å²) in [5, 5.41) is 12.0. The maximum atomic E-state index is 13.6. The summed E-state index contributed by atoms with van der Waals surface area (Å²) in [4.78, 5) is 13.7. The number of rotatable bonds is 5. The van der Waals surface area contributed by atoms with Gasteiger partial charge >= 0.3 is 0 Å². The summed E-state index contributed by atoms with van der Waals surface area (Å²) in [6.07, 6.45) is 3.21. The Balaban J connectivity index is 1.90. The van der Waals surface area contributed by atoms with Gasteiger partial charge in [0.1, 0.15) is 17.2 Å². The molecule has 0 aliphatic heterocycles. The topological polar surface area (TPSA) is 56.1 Å². The summed E-state index contributed by atoms with van der Waals surface area (Å²) in [6, 6.07) is 5.58. The van der Waals surface area contributed by atoms with Crippen LogP contribution in [0.4, 0.5) is 8.78 Å². The van der Waals surface area contributed by atoms with E-state index < -0.39 is 17.2 Å². The van der Waals surface area contributed by atoms with Crippen LogP contribution in [0.2, 0.25) is 0 Å². The third-order valence-electron chi connectivity index (χ3n) is 3.92. The third-order valence-corrected chi connectivity index (χ3v) is 3.92. The second kappa shape index (κ2) is 6.84. The van der Waals surface area contributed by atoms with E-state index in [4.69, 9.17) is 0 Å². The Morgan fingerprint density at radius 3 is 2.68 bits per heavy atom. The molecule has 0 spiro atoms. The number of benzene rings is 1. The molecule has 1 aliphatic carbocycles. The van der Waals surface area contributed by atoms with Gasteiger partial charge in [0, 0.05) is 18.2 Å². The van der Waals surface area contributed by atoms with Crippen molar-refractivity contribution in [2.75, 3.05) is 13.6 Å². The van der Waals surface area contributed by atoms with E-state index in [1.54, 1.807) is 11.9 Å². The van der Waals surface area contributed by atoms with Gasteiger partial charge < -0.3 is 5.32 Å². The highest BCUT2D eigenvalue weighted by Crippen LogP contribution is 2.28. The highest BCUT2D eigenvalue weighted by molar-refractivity contribution is 5.79. The Morgan fingerprint density at radius 1 is 1.41 bits per heavy atom. The van der Waals surface area contributed by atoms with Crippen molar-refractivity contribution in [2.45, 2.75) is 37.8 Å². The predicted octanol–water partition coefficient (Wildman–Crippen LogP) is 2.35. The van der Waals surface area contributed by atoms with E-state index in [-0.39, 0.29) is 19.0 Å². The van der Waals surface area contributed by atoms with Gasteiger partial charge in [0.05, 0.1) is 12.6 Å². The molecule has 1 aromatic rings. The quantitative estimate of drug-likeness (QED) is 0.908. The van der Waals surface area contributed by atoms with E-state index in [9.17, 15) is 18.8 Å². The second-order valence-corrected chi connectivity index (χ2v) is 5.86. The molecule has 4 nitrogen and oxygen atoms in total. The average Bonchev–Trinajstić information content (AvgIpc) is 2.91. The largest absolute Gasteiger partial charge is 0.337 e. The van der Waals surface area contributed by atoms with Crippen molar-refractivity contribution in [2.24, 2.45) is 0 Å². The molecule has 6 heteroatoms. The molecule has 0 atom stereocenters. The number of hydrogen-bond acceptors (Lipinski definition) is 3. The van der Waals surface area contributed by atoms with E-state index >= 15 is 0 Å². The van der Waals surface area contributed by atoms with Crippen LogP contribution in [0.15, 0.2) is 18.2 Å². The van der Waals surface area contributed by atoms with Gasteiger partial charge in [-0.25, -0.2) is 8.78 Å².